The first-order valence-electron chi connectivity index (χ1n) is 3.51. The number of benzene rings is 1. The number of Topliss-reactive ketones (excluding diaryl/α,β-unsaturated/α-hetero) is 1. The summed E-state index contributed by atoms with van der Waals surface area (Å²) in [5.41, 5.74) is 0.810. The zero-order valence-corrected chi connectivity index (χ0v) is 9.68. The van der Waals surface area contributed by atoms with E-state index in [-0.39, 0.29) is 5.78 Å². The van der Waals surface area contributed by atoms with E-state index in [1.54, 1.807) is 11.8 Å². The SMILES string of the molecule is CSCC(=O)c1ccc(I)cc1. The average molecular weight is 292 g/mol. The van der Waals surface area contributed by atoms with Gasteiger partial charge in [-0.2, -0.15) is 11.8 Å². The molecule has 0 aromatic heterocycles. The van der Waals surface area contributed by atoms with E-state index in [1.807, 2.05) is 30.5 Å². The average Bonchev–Trinajstić information content (AvgIpc) is 2.06. The molecule has 0 N–H and O–H groups in total. The quantitative estimate of drug-likeness (QED) is 0.629. The highest BCUT2D eigenvalue weighted by atomic mass is 127. The normalized spacial score (nSPS) is 9.83. The van der Waals surface area contributed by atoms with Crippen LogP contribution in [0.1, 0.15) is 10.4 Å². The summed E-state index contributed by atoms with van der Waals surface area (Å²) in [4.78, 5) is 11.3. The lowest BCUT2D eigenvalue weighted by atomic mass is 10.2. The Labute approximate surface area is 90.1 Å². The Hall–Kier alpha value is -0.0300. The number of carbonyl (C=O) groups is 1. The highest BCUT2D eigenvalue weighted by Gasteiger charge is 2.02. The molecule has 1 aromatic rings. The molecule has 0 saturated heterocycles. The molecule has 3 heteroatoms. The topological polar surface area (TPSA) is 17.1 Å². The van der Waals surface area contributed by atoms with Crippen molar-refractivity contribution in [3.63, 3.8) is 0 Å². The molecule has 0 aliphatic heterocycles. The largest absolute Gasteiger partial charge is 0.293 e. The van der Waals surface area contributed by atoms with Crippen molar-refractivity contribution >= 4 is 40.1 Å². The summed E-state index contributed by atoms with van der Waals surface area (Å²) in [6.45, 7) is 0. The summed E-state index contributed by atoms with van der Waals surface area (Å²) in [6, 6.07) is 7.66. The van der Waals surface area contributed by atoms with Crippen molar-refractivity contribution in [2.24, 2.45) is 0 Å². The second kappa shape index (κ2) is 4.87. The molecule has 0 bridgehead atoms. The van der Waals surface area contributed by atoms with E-state index in [0.717, 1.165) is 9.13 Å². The Morgan fingerprint density at radius 2 is 2.00 bits per heavy atom. The molecule has 0 radical (unpaired) electrons. The van der Waals surface area contributed by atoms with Crippen molar-refractivity contribution in [1.29, 1.82) is 0 Å². The van der Waals surface area contributed by atoms with Gasteiger partial charge in [-0.05, 0) is 41.0 Å². The van der Waals surface area contributed by atoms with Gasteiger partial charge in [0.05, 0.1) is 5.75 Å². The summed E-state index contributed by atoms with van der Waals surface area (Å²) in [5.74, 6) is 0.777. The van der Waals surface area contributed by atoms with Crippen LogP contribution in [0, 0.1) is 3.57 Å². The lowest BCUT2D eigenvalue weighted by molar-refractivity contribution is 0.102. The van der Waals surface area contributed by atoms with Gasteiger partial charge < -0.3 is 0 Å². The fourth-order valence-corrected chi connectivity index (χ4v) is 1.64. The Balaban J connectivity index is 2.75. The van der Waals surface area contributed by atoms with Crippen molar-refractivity contribution in [3.8, 4) is 0 Å². The second-order valence-corrected chi connectivity index (χ2v) is 4.47. The van der Waals surface area contributed by atoms with E-state index >= 15 is 0 Å². The van der Waals surface area contributed by atoms with Crippen molar-refractivity contribution in [1.82, 2.24) is 0 Å². The van der Waals surface area contributed by atoms with Gasteiger partial charge in [0.1, 0.15) is 0 Å². The predicted octanol–water partition coefficient (Wildman–Crippen LogP) is 2.84. The third kappa shape index (κ3) is 2.79. The predicted molar refractivity (Wildman–Crippen MR) is 61.9 cm³/mol. The third-order valence-corrected chi connectivity index (χ3v) is 2.71. The van der Waals surface area contributed by atoms with Gasteiger partial charge in [-0.1, -0.05) is 12.1 Å². The number of hydrogen-bond acceptors (Lipinski definition) is 2. The number of halogens is 1. The van der Waals surface area contributed by atoms with Crippen LogP contribution in [0.3, 0.4) is 0 Å². The molecular formula is C9H9IOS. The van der Waals surface area contributed by atoms with Gasteiger partial charge in [0.25, 0.3) is 0 Å². The maximum atomic E-state index is 11.3. The van der Waals surface area contributed by atoms with E-state index in [1.165, 1.54) is 0 Å². The molecule has 1 aromatic carbocycles. The van der Waals surface area contributed by atoms with E-state index in [2.05, 4.69) is 22.6 Å². The number of rotatable bonds is 3. The molecule has 0 fully saturated rings. The van der Waals surface area contributed by atoms with Crippen LogP contribution in [0.15, 0.2) is 24.3 Å². The van der Waals surface area contributed by atoms with Crippen LogP contribution in [0.25, 0.3) is 0 Å². The minimum absolute atomic E-state index is 0.207. The number of hydrogen-bond donors (Lipinski definition) is 0. The highest BCUT2D eigenvalue weighted by Crippen LogP contribution is 2.09. The van der Waals surface area contributed by atoms with Crippen molar-refractivity contribution in [2.75, 3.05) is 12.0 Å². The van der Waals surface area contributed by atoms with E-state index in [9.17, 15) is 4.79 Å². The first kappa shape index (κ1) is 10.1. The third-order valence-electron chi connectivity index (χ3n) is 1.44. The second-order valence-electron chi connectivity index (χ2n) is 2.36. The molecule has 0 amide bonds. The van der Waals surface area contributed by atoms with E-state index in [0.29, 0.717) is 5.75 Å². The van der Waals surface area contributed by atoms with Gasteiger partial charge >= 0.3 is 0 Å². The molecule has 1 rings (SSSR count). The van der Waals surface area contributed by atoms with Gasteiger partial charge in [-0.3, -0.25) is 4.79 Å². The van der Waals surface area contributed by atoms with Gasteiger partial charge in [-0.25, -0.2) is 0 Å². The zero-order valence-electron chi connectivity index (χ0n) is 6.71. The fourth-order valence-electron chi connectivity index (χ4n) is 0.850. The van der Waals surface area contributed by atoms with Crippen LogP contribution < -0.4 is 0 Å². The van der Waals surface area contributed by atoms with Crippen molar-refractivity contribution in [2.45, 2.75) is 0 Å². The monoisotopic (exact) mass is 292 g/mol. The molecule has 0 aliphatic rings. The lowest BCUT2D eigenvalue weighted by Crippen LogP contribution is -2.01. The molecule has 0 unspecified atom stereocenters. The first-order valence-corrected chi connectivity index (χ1v) is 5.99. The van der Waals surface area contributed by atoms with Crippen LogP contribution in [0.5, 0.6) is 0 Å². The molecule has 0 heterocycles. The van der Waals surface area contributed by atoms with Gasteiger partial charge in [0.15, 0.2) is 5.78 Å². The number of thioether (sulfide) groups is 1. The van der Waals surface area contributed by atoms with Gasteiger partial charge in [0, 0.05) is 9.13 Å². The molecule has 1 nitrogen and oxygen atoms in total. The van der Waals surface area contributed by atoms with Crippen molar-refractivity contribution in [3.05, 3.63) is 33.4 Å². The van der Waals surface area contributed by atoms with Crippen LogP contribution in [-0.4, -0.2) is 17.8 Å². The summed E-state index contributed by atoms with van der Waals surface area (Å²) in [7, 11) is 0. The summed E-state index contributed by atoms with van der Waals surface area (Å²) < 4.78 is 1.16. The lowest BCUT2D eigenvalue weighted by Gasteiger charge is -1.97. The highest BCUT2D eigenvalue weighted by molar-refractivity contribution is 14.1. The minimum atomic E-state index is 0.207. The van der Waals surface area contributed by atoms with Crippen LogP contribution in [0.4, 0.5) is 0 Å². The van der Waals surface area contributed by atoms with Crippen LogP contribution >= 0.6 is 34.4 Å². The number of carbonyl (C=O) groups excluding carboxylic acids is 1. The first-order chi connectivity index (χ1) is 5.74. The summed E-state index contributed by atoms with van der Waals surface area (Å²) in [6.07, 6.45) is 1.94. The molecule has 0 spiro atoms. The van der Waals surface area contributed by atoms with Crippen molar-refractivity contribution < 1.29 is 4.79 Å². The maximum Gasteiger partial charge on any atom is 0.172 e. The minimum Gasteiger partial charge on any atom is -0.293 e. The molecule has 0 aliphatic carbocycles. The summed E-state index contributed by atoms with van der Waals surface area (Å²) in [5, 5.41) is 0. The smallest absolute Gasteiger partial charge is 0.172 e. The fraction of sp³-hybridized carbons (Fsp3) is 0.222. The number of ketones is 1. The van der Waals surface area contributed by atoms with Crippen LogP contribution in [0.2, 0.25) is 0 Å². The molecule has 12 heavy (non-hydrogen) atoms. The van der Waals surface area contributed by atoms with E-state index < -0.39 is 0 Å². The molecular weight excluding hydrogens is 283 g/mol. The maximum absolute atomic E-state index is 11.3. The Bertz CT molecular complexity index is 268. The Kier molecular flexibility index (Phi) is 4.08. The molecule has 0 saturated carbocycles. The van der Waals surface area contributed by atoms with Gasteiger partial charge in [0.2, 0.25) is 0 Å². The zero-order chi connectivity index (χ0) is 8.97. The Morgan fingerprint density at radius 1 is 1.42 bits per heavy atom. The molecule has 0 atom stereocenters. The summed E-state index contributed by atoms with van der Waals surface area (Å²) >= 11 is 3.78. The van der Waals surface area contributed by atoms with Crippen LogP contribution in [-0.2, 0) is 0 Å². The Morgan fingerprint density at radius 3 is 2.50 bits per heavy atom. The van der Waals surface area contributed by atoms with E-state index in [4.69, 9.17) is 0 Å². The molecule has 64 valence electrons. The standard InChI is InChI=1S/C9H9IOS/c1-12-6-9(11)7-2-4-8(10)5-3-7/h2-5H,6H2,1H3. The van der Waals surface area contributed by atoms with Gasteiger partial charge in [-0.15, -0.1) is 0 Å².